The molecule has 92 valence electrons. The van der Waals surface area contributed by atoms with Crippen LogP contribution >= 0.6 is 0 Å². The number of carbonyl (C=O) groups is 1. The molecular formula is C14H9F3O. The molecule has 0 saturated carbocycles. The summed E-state index contributed by atoms with van der Waals surface area (Å²) in [5, 5.41) is 0. The zero-order valence-corrected chi connectivity index (χ0v) is 9.51. The normalized spacial score (nSPS) is 10.4. The molecule has 0 saturated heterocycles. The summed E-state index contributed by atoms with van der Waals surface area (Å²) in [6.07, 6.45) is 0. The average molecular weight is 250 g/mol. The van der Waals surface area contributed by atoms with Gasteiger partial charge in [-0.2, -0.15) is 0 Å². The minimum atomic E-state index is -0.801. The van der Waals surface area contributed by atoms with E-state index in [0.717, 1.165) is 24.3 Å². The monoisotopic (exact) mass is 250 g/mol. The van der Waals surface area contributed by atoms with Gasteiger partial charge < -0.3 is 0 Å². The molecule has 1 nitrogen and oxygen atoms in total. The van der Waals surface area contributed by atoms with Gasteiger partial charge in [-0.05, 0) is 48.9 Å². The fraction of sp³-hybridized carbons (Fsp3) is 0.0714. The molecule has 0 aliphatic carbocycles. The van der Waals surface area contributed by atoms with Crippen molar-refractivity contribution < 1.29 is 18.0 Å². The minimum absolute atomic E-state index is 0.154. The van der Waals surface area contributed by atoms with E-state index in [1.807, 2.05) is 0 Å². The fourth-order valence-electron chi connectivity index (χ4n) is 1.70. The molecule has 0 radical (unpaired) electrons. The van der Waals surface area contributed by atoms with Crippen LogP contribution in [0.4, 0.5) is 13.2 Å². The number of rotatable bonds is 2. The zero-order chi connectivity index (χ0) is 13.3. The highest BCUT2D eigenvalue weighted by molar-refractivity contribution is 6.10. The molecule has 0 N–H and O–H groups in total. The summed E-state index contributed by atoms with van der Waals surface area (Å²) in [6, 6.07) is 6.20. The Labute approximate surface area is 102 Å². The molecule has 2 rings (SSSR count). The fourth-order valence-corrected chi connectivity index (χ4v) is 1.70. The molecule has 4 heteroatoms. The van der Waals surface area contributed by atoms with Crippen molar-refractivity contribution in [3.8, 4) is 0 Å². The molecule has 0 aromatic heterocycles. The molecule has 0 aliphatic rings. The van der Waals surface area contributed by atoms with Crippen molar-refractivity contribution in [1.29, 1.82) is 0 Å². The van der Waals surface area contributed by atoms with Gasteiger partial charge in [0, 0.05) is 5.56 Å². The van der Waals surface area contributed by atoms with E-state index in [0.29, 0.717) is 5.56 Å². The Morgan fingerprint density at radius 1 is 0.889 bits per heavy atom. The highest BCUT2D eigenvalue weighted by Crippen LogP contribution is 2.18. The Morgan fingerprint density at radius 3 is 2.17 bits per heavy atom. The number of carbonyl (C=O) groups excluding carboxylic acids is 1. The second-order valence-electron chi connectivity index (χ2n) is 3.91. The molecule has 0 bridgehead atoms. The van der Waals surface area contributed by atoms with Gasteiger partial charge in [0.15, 0.2) is 5.78 Å². The van der Waals surface area contributed by atoms with Crippen LogP contribution in [0.1, 0.15) is 21.5 Å². The number of ketones is 1. The number of hydrogen-bond acceptors (Lipinski definition) is 1. The highest BCUT2D eigenvalue weighted by atomic mass is 19.1. The topological polar surface area (TPSA) is 17.1 Å². The third-order valence-corrected chi connectivity index (χ3v) is 2.61. The molecule has 0 atom stereocenters. The Morgan fingerprint density at radius 2 is 1.50 bits per heavy atom. The highest BCUT2D eigenvalue weighted by Gasteiger charge is 2.17. The first-order valence-corrected chi connectivity index (χ1v) is 5.25. The van der Waals surface area contributed by atoms with Crippen LogP contribution in [0.25, 0.3) is 0 Å². The van der Waals surface area contributed by atoms with Gasteiger partial charge in [0.25, 0.3) is 0 Å². The van der Waals surface area contributed by atoms with Gasteiger partial charge in [0.2, 0.25) is 0 Å². The SMILES string of the molecule is Cc1cc(F)ccc1C(=O)c1cc(F)ccc1F. The summed E-state index contributed by atoms with van der Waals surface area (Å²) in [7, 11) is 0. The van der Waals surface area contributed by atoms with Crippen LogP contribution in [0.15, 0.2) is 36.4 Å². The number of hydrogen-bond donors (Lipinski definition) is 0. The van der Waals surface area contributed by atoms with E-state index in [1.165, 1.54) is 19.1 Å². The number of benzene rings is 2. The van der Waals surface area contributed by atoms with Crippen molar-refractivity contribution in [3.63, 3.8) is 0 Å². The first-order chi connectivity index (χ1) is 8.49. The van der Waals surface area contributed by atoms with Gasteiger partial charge in [0.05, 0.1) is 5.56 Å². The van der Waals surface area contributed by atoms with Crippen LogP contribution in [0.2, 0.25) is 0 Å². The van der Waals surface area contributed by atoms with E-state index >= 15 is 0 Å². The van der Waals surface area contributed by atoms with Crippen LogP contribution in [0, 0.1) is 24.4 Å². The molecule has 18 heavy (non-hydrogen) atoms. The van der Waals surface area contributed by atoms with Crippen LogP contribution in [-0.2, 0) is 0 Å². The first-order valence-electron chi connectivity index (χ1n) is 5.25. The maximum Gasteiger partial charge on any atom is 0.196 e. The summed E-state index contributed by atoms with van der Waals surface area (Å²) in [5.74, 6) is -2.64. The first kappa shape index (κ1) is 12.4. The van der Waals surface area contributed by atoms with Crippen molar-refractivity contribution in [3.05, 3.63) is 70.5 Å². The lowest BCUT2D eigenvalue weighted by Crippen LogP contribution is -2.07. The largest absolute Gasteiger partial charge is 0.288 e. The van der Waals surface area contributed by atoms with Crippen molar-refractivity contribution in [2.24, 2.45) is 0 Å². The second-order valence-corrected chi connectivity index (χ2v) is 3.91. The van der Waals surface area contributed by atoms with Gasteiger partial charge >= 0.3 is 0 Å². The molecule has 0 heterocycles. The van der Waals surface area contributed by atoms with Crippen LogP contribution in [0.3, 0.4) is 0 Å². The summed E-state index contributed by atoms with van der Waals surface area (Å²) in [5.41, 5.74) is 0.175. The summed E-state index contributed by atoms with van der Waals surface area (Å²) in [4.78, 5) is 12.0. The van der Waals surface area contributed by atoms with E-state index in [2.05, 4.69) is 0 Å². The molecule has 0 spiro atoms. The third-order valence-electron chi connectivity index (χ3n) is 2.61. The summed E-state index contributed by atoms with van der Waals surface area (Å²) >= 11 is 0. The molecule has 0 fully saturated rings. The number of halogens is 3. The van der Waals surface area contributed by atoms with Gasteiger partial charge in [-0.25, -0.2) is 13.2 Å². The van der Waals surface area contributed by atoms with Crippen molar-refractivity contribution >= 4 is 5.78 Å². The van der Waals surface area contributed by atoms with Crippen molar-refractivity contribution in [2.75, 3.05) is 0 Å². The Balaban J connectivity index is 2.51. The standard InChI is InChI=1S/C14H9F3O/c1-8-6-9(15)2-4-11(8)14(18)12-7-10(16)3-5-13(12)17/h2-7H,1H3. The van der Waals surface area contributed by atoms with Crippen LogP contribution in [-0.4, -0.2) is 5.78 Å². The van der Waals surface area contributed by atoms with Crippen molar-refractivity contribution in [1.82, 2.24) is 0 Å². The lowest BCUT2D eigenvalue weighted by Gasteiger charge is -2.06. The molecule has 0 aliphatic heterocycles. The smallest absolute Gasteiger partial charge is 0.196 e. The Bertz CT molecular complexity index is 620. The van der Waals surface area contributed by atoms with Gasteiger partial charge in [0.1, 0.15) is 17.5 Å². The predicted molar refractivity (Wildman–Crippen MR) is 60.9 cm³/mol. The van der Waals surface area contributed by atoms with E-state index in [-0.39, 0.29) is 11.1 Å². The molecular weight excluding hydrogens is 241 g/mol. The quantitative estimate of drug-likeness (QED) is 0.743. The van der Waals surface area contributed by atoms with E-state index in [4.69, 9.17) is 0 Å². The maximum atomic E-state index is 13.5. The van der Waals surface area contributed by atoms with E-state index in [1.54, 1.807) is 0 Å². The Kier molecular flexibility index (Phi) is 3.19. The zero-order valence-electron chi connectivity index (χ0n) is 9.51. The lowest BCUT2D eigenvalue weighted by molar-refractivity contribution is 0.103. The maximum absolute atomic E-state index is 13.5. The van der Waals surface area contributed by atoms with Gasteiger partial charge in [-0.3, -0.25) is 4.79 Å². The average Bonchev–Trinajstić information content (AvgIpc) is 2.31. The van der Waals surface area contributed by atoms with Crippen LogP contribution in [0.5, 0.6) is 0 Å². The van der Waals surface area contributed by atoms with Crippen molar-refractivity contribution in [2.45, 2.75) is 6.92 Å². The van der Waals surface area contributed by atoms with E-state index in [9.17, 15) is 18.0 Å². The van der Waals surface area contributed by atoms with Gasteiger partial charge in [-0.15, -0.1) is 0 Å². The molecule has 0 unspecified atom stereocenters. The van der Waals surface area contributed by atoms with E-state index < -0.39 is 23.2 Å². The summed E-state index contributed by atoms with van der Waals surface area (Å²) < 4.78 is 39.4. The van der Waals surface area contributed by atoms with Crippen LogP contribution < -0.4 is 0 Å². The lowest BCUT2D eigenvalue weighted by atomic mass is 9.98. The molecule has 2 aromatic carbocycles. The summed E-state index contributed by atoms with van der Waals surface area (Å²) in [6.45, 7) is 1.54. The van der Waals surface area contributed by atoms with Gasteiger partial charge in [-0.1, -0.05) is 0 Å². The Hall–Kier alpha value is -2.10. The predicted octanol–water partition coefficient (Wildman–Crippen LogP) is 3.64. The minimum Gasteiger partial charge on any atom is -0.288 e. The molecule has 2 aromatic rings. The third kappa shape index (κ3) is 2.27. The second kappa shape index (κ2) is 4.64. The molecule has 0 amide bonds. The number of aryl methyl sites for hydroxylation is 1.